The monoisotopic (exact) mass is 492 g/mol. The van der Waals surface area contributed by atoms with Crippen LogP contribution in [-0.4, -0.2) is 45.0 Å². The number of aromatic nitrogens is 4. The summed E-state index contributed by atoms with van der Waals surface area (Å²) >= 11 is 11.1. The quantitative estimate of drug-likeness (QED) is 0.513. The lowest BCUT2D eigenvalue weighted by atomic mass is 10.2. The molecule has 1 aromatic heterocycles. The first-order valence-electron chi connectivity index (χ1n) is 9.12. The van der Waals surface area contributed by atoms with E-state index in [0.29, 0.717) is 10.2 Å². The van der Waals surface area contributed by atoms with Gasteiger partial charge in [-0.3, -0.25) is 4.79 Å². The molecule has 1 amide bonds. The summed E-state index contributed by atoms with van der Waals surface area (Å²) in [6, 6.07) is 13.2. The Bertz CT molecular complexity index is 1010. The third kappa shape index (κ3) is 4.73. The van der Waals surface area contributed by atoms with Gasteiger partial charge in [-0.15, -0.1) is 5.10 Å². The molecule has 2 aromatic carbocycles. The Kier molecular flexibility index (Phi) is 6.37. The minimum absolute atomic E-state index is 0.136. The predicted octanol–water partition coefficient (Wildman–Crippen LogP) is 4.41. The molecule has 4 rings (SSSR count). The number of nitrogens with zero attached hydrogens (tertiary/aromatic N) is 5. The molecule has 1 saturated heterocycles. The second-order valence-corrected chi connectivity index (χ2v) is 8.78. The largest absolute Gasteiger partial charge is 0.369 e. The number of benzene rings is 2. The van der Waals surface area contributed by atoms with Crippen molar-refractivity contribution in [3.63, 3.8) is 0 Å². The van der Waals surface area contributed by atoms with Gasteiger partial charge in [0.15, 0.2) is 0 Å². The predicted molar refractivity (Wildman–Crippen MR) is 119 cm³/mol. The van der Waals surface area contributed by atoms with E-state index in [0.717, 1.165) is 47.5 Å². The van der Waals surface area contributed by atoms with Gasteiger partial charge in [-0.05, 0) is 59.7 Å². The molecule has 1 N–H and O–H groups in total. The molecule has 0 aliphatic carbocycles. The SMILES string of the molecule is O=C(CSc1nnnn1-c1ccc(Br)cc1)Nc1cccc(Cl)c1N1CCCC1. The number of rotatable bonds is 6. The van der Waals surface area contributed by atoms with E-state index in [9.17, 15) is 4.79 Å². The fourth-order valence-corrected chi connectivity index (χ4v) is 4.46. The smallest absolute Gasteiger partial charge is 0.234 e. The number of para-hydroxylation sites is 1. The lowest BCUT2D eigenvalue weighted by Crippen LogP contribution is -2.22. The van der Waals surface area contributed by atoms with E-state index in [2.05, 4.69) is 41.7 Å². The molecule has 1 aliphatic rings. The van der Waals surface area contributed by atoms with E-state index in [1.165, 1.54) is 11.8 Å². The lowest BCUT2D eigenvalue weighted by molar-refractivity contribution is -0.113. The molecule has 2 heterocycles. The van der Waals surface area contributed by atoms with Crippen molar-refractivity contribution in [3.8, 4) is 5.69 Å². The van der Waals surface area contributed by atoms with Crippen LogP contribution in [-0.2, 0) is 4.79 Å². The van der Waals surface area contributed by atoms with Crippen molar-refractivity contribution in [1.29, 1.82) is 0 Å². The van der Waals surface area contributed by atoms with Crippen LogP contribution in [0.25, 0.3) is 5.69 Å². The topological polar surface area (TPSA) is 75.9 Å². The minimum Gasteiger partial charge on any atom is -0.369 e. The van der Waals surface area contributed by atoms with Crippen molar-refractivity contribution in [2.75, 3.05) is 29.1 Å². The van der Waals surface area contributed by atoms with Crippen LogP contribution in [0.5, 0.6) is 0 Å². The molecule has 0 unspecified atom stereocenters. The highest BCUT2D eigenvalue weighted by Crippen LogP contribution is 2.36. The maximum absolute atomic E-state index is 12.6. The molecule has 7 nitrogen and oxygen atoms in total. The molecular weight excluding hydrogens is 476 g/mol. The summed E-state index contributed by atoms with van der Waals surface area (Å²) in [6.45, 7) is 1.90. The van der Waals surface area contributed by atoms with Crippen molar-refractivity contribution in [2.45, 2.75) is 18.0 Å². The summed E-state index contributed by atoms with van der Waals surface area (Å²) in [6.07, 6.45) is 2.26. The van der Waals surface area contributed by atoms with E-state index in [1.807, 2.05) is 42.5 Å². The van der Waals surface area contributed by atoms with E-state index in [4.69, 9.17) is 11.6 Å². The van der Waals surface area contributed by atoms with Gasteiger partial charge in [-0.2, -0.15) is 4.68 Å². The molecule has 150 valence electrons. The van der Waals surface area contributed by atoms with Gasteiger partial charge in [-0.25, -0.2) is 0 Å². The van der Waals surface area contributed by atoms with Crippen molar-refractivity contribution in [3.05, 3.63) is 52.0 Å². The highest BCUT2D eigenvalue weighted by Gasteiger charge is 2.20. The number of halogens is 2. The van der Waals surface area contributed by atoms with Gasteiger partial charge in [0.2, 0.25) is 11.1 Å². The average molecular weight is 494 g/mol. The van der Waals surface area contributed by atoms with Gasteiger partial charge >= 0.3 is 0 Å². The molecule has 10 heteroatoms. The van der Waals surface area contributed by atoms with E-state index in [-0.39, 0.29) is 11.7 Å². The number of carbonyl (C=O) groups excluding carboxylic acids is 1. The van der Waals surface area contributed by atoms with Crippen LogP contribution >= 0.6 is 39.3 Å². The van der Waals surface area contributed by atoms with Gasteiger partial charge in [0.25, 0.3) is 0 Å². The fourth-order valence-electron chi connectivity index (χ4n) is 3.21. The number of hydrogen-bond donors (Lipinski definition) is 1. The molecule has 1 aliphatic heterocycles. The summed E-state index contributed by atoms with van der Waals surface area (Å²) in [5.41, 5.74) is 2.45. The number of anilines is 2. The minimum atomic E-state index is -0.136. The Balaban J connectivity index is 1.44. The Morgan fingerprint density at radius 2 is 1.93 bits per heavy atom. The number of hydrogen-bond acceptors (Lipinski definition) is 6. The maximum atomic E-state index is 12.6. The molecule has 3 aromatic rings. The van der Waals surface area contributed by atoms with Crippen LogP contribution in [0.15, 0.2) is 52.1 Å². The van der Waals surface area contributed by atoms with Crippen LogP contribution in [0.1, 0.15) is 12.8 Å². The molecule has 0 radical (unpaired) electrons. The Morgan fingerprint density at radius 1 is 1.17 bits per heavy atom. The van der Waals surface area contributed by atoms with Crippen LogP contribution in [0.2, 0.25) is 5.02 Å². The standard InChI is InChI=1S/C19H18BrClN6OS/c20-13-6-8-14(9-7-13)27-19(23-24-25-27)29-12-17(28)22-16-5-3-4-15(21)18(16)26-10-1-2-11-26/h3-9H,1-2,10-12H2,(H,22,28). The molecule has 0 atom stereocenters. The first kappa shape index (κ1) is 20.2. The fraction of sp³-hybridized carbons (Fsp3) is 0.263. The molecule has 0 bridgehead atoms. The second-order valence-electron chi connectivity index (χ2n) is 6.52. The normalized spacial score (nSPS) is 13.7. The molecule has 1 fully saturated rings. The number of carbonyl (C=O) groups is 1. The Morgan fingerprint density at radius 3 is 2.69 bits per heavy atom. The van der Waals surface area contributed by atoms with E-state index in [1.54, 1.807) is 4.68 Å². The number of thioether (sulfide) groups is 1. The van der Waals surface area contributed by atoms with Crippen LogP contribution in [0, 0.1) is 0 Å². The summed E-state index contributed by atoms with van der Waals surface area (Å²) in [5.74, 6) is 0.0473. The second kappa shape index (κ2) is 9.15. The summed E-state index contributed by atoms with van der Waals surface area (Å²) in [5, 5.41) is 16.0. The van der Waals surface area contributed by atoms with Crippen molar-refractivity contribution in [2.24, 2.45) is 0 Å². The number of amides is 1. The number of nitrogens with one attached hydrogen (secondary N) is 1. The van der Waals surface area contributed by atoms with Gasteiger partial charge < -0.3 is 10.2 Å². The van der Waals surface area contributed by atoms with Gasteiger partial charge in [0.05, 0.1) is 27.8 Å². The van der Waals surface area contributed by atoms with Crippen molar-refractivity contribution < 1.29 is 4.79 Å². The summed E-state index contributed by atoms with van der Waals surface area (Å²) < 4.78 is 2.58. The van der Waals surface area contributed by atoms with Gasteiger partial charge in [-0.1, -0.05) is 45.4 Å². The van der Waals surface area contributed by atoms with E-state index >= 15 is 0 Å². The van der Waals surface area contributed by atoms with Gasteiger partial charge in [0, 0.05) is 17.6 Å². The van der Waals surface area contributed by atoms with E-state index < -0.39 is 0 Å². The zero-order valence-corrected chi connectivity index (χ0v) is 18.5. The van der Waals surface area contributed by atoms with Crippen LogP contribution in [0.4, 0.5) is 11.4 Å². The van der Waals surface area contributed by atoms with Crippen molar-refractivity contribution >= 4 is 56.6 Å². The Hall–Kier alpha value is -2.10. The Labute approximate surface area is 185 Å². The van der Waals surface area contributed by atoms with Gasteiger partial charge in [0.1, 0.15) is 0 Å². The zero-order chi connectivity index (χ0) is 20.2. The lowest BCUT2D eigenvalue weighted by Gasteiger charge is -2.22. The highest BCUT2D eigenvalue weighted by atomic mass is 79.9. The first-order chi connectivity index (χ1) is 14.1. The molecular formula is C19H18BrClN6OS. The summed E-state index contributed by atoms with van der Waals surface area (Å²) in [7, 11) is 0. The summed E-state index contributed by atoms with van der Waals surface area (Å²) in [4.78, 5) is 14.8. The van der Waals surface area contributed by atoms with Crippen molar-refractivity contribution in [1.82, 2.24) is 20.2 Å². The number of tetrazole rings is 1. The third-order valence-corrected chi connectivity index (χ3v) is 6.28. The molecule has 0 saturated carbocycles. The third-order valence-electron chi connectivity index (χ3n) is 4.53. The molecule has 29 heavy (non-hydrogen) atoms. The molecule has 0 spiro atoms. The van der Waals surface area contributed by atoms with Crippen LogP contribution < -0.4 is 10.2 Å². The van der Waals surface area contributed by atoms with Crippen LogP contribution in [0.3, 0.4) is 0 Å². The zero-order valence-electron chi connectivity index (χ0n) is 15.4. The average Bonchev–Trinajstić information content (AvgIpc) is 3.39. The highest BCUT2D eigenvalue weighted by molar-refractivity contribution is 9.10. The first-order valence-corrected chi connectivity index (χ1v) is 11.3. The maximum Gasteiger partial charge on any atom is 0.234 e.